The number of carbonyl (C=O) groups excluding carboxylic acids is 1. The zero-order chi connectivity index (χ0) is 24.0. The largest absolute Gasteiger partial charge is 0.481 e. The summed E-state index contributed by atoms with van der Waals surface area (Å²) in [4.78, 5) is 25.7. The molecule has 0 saturated heterocycles. The molecule has 0 radical (unpaired) electrons. The van der Waals surface area contributed by atoms with E-state index in [1.54, 1.807) is 24.1 Å². The number of carboxylic acids is 1. The molecule has 2 N–H and O–H groups in total. The van der Waals surface area contributed by atoms with Crippen LogP contribution in [0.3, 0.4) is 0 Å². The van der Waals surface area contributed by atoms with Crippen molar-refractivity contribution in [1.82, 2.24) is 10.2 Å². The van der Waals surface area contributed by atoms with E-state index in [1.165, 1.54) is 6.07 Å². The molecule has 7 heteroatoms. The van der Waals surface area contributed by atoms with Gasteiger partial charge in [0.05, 0.1) is 11.5 Å². The number of nitrogens with zero attached hydrogens (tertiary/aromatic N) is 1. The zero-order valence-electron chi connectivity index (χ0n) is 19.8. The smallest absolute Gasteiger partial charge is 0.322 e. The van der Waals surface area contributed by atoms with Crippen LogP contribution >= 0.6 is 11.6 Å². The third-order valence-electron chi connectivity index (χ3n) is 6.74. The van der Waals surface area contributed by atoms with Gasteiger partial charge in [0, 0.05) is 22.8 Å². The molecule has 0 bridgehead atoms. The third-order valence-corrected chi connectivity index (χ3v) is 7.10. The van der Waals surface area contributed by atoms with Crippen LogP contribution in [0.15, 0.2) is 23.9 Å². The monoisotopic (exact) mass is 464 g/mol. The lowest BCUT2D eigenvalue weighted by molar-refractivity contribution is -0.146. The molecule has 0 aromatic heterocycles. The van der Waals surface area contributed by atoms with E-state index in [1.807, 2.05) is 13.8 Å². The van der Waals surface area contributed by atoms with Crippen LogP contribution < -0.4 is 5.32 Å². The number of nitrogens with one attached hydrogen (secondary N) is 1. The van der Waals surface area contributed by atoms with Crippen LogP contribution in [0, 0.1) is 23.1 Å². The van der Waals surface area contributed by atoms with E-state index in [0.717, 1.165) is 17.6 Å². The second-order valence-corrected chi connectivity index (χ2v) is 11.3. The minimum atomic E-state index is -1.05. The van der Waals surface area contributed by atoms with Crippen molar-refractivity contribution in [2.75, 3.05) is 0 Å². The molecule has 32 heavy (non-hydrogen) atoms. The number of carbonyl (C=O) groups is 2. The highest BCUT2D eigenvalue weighted by molar-refractivity contribution is 6.31. The first-order valence-corrected chi connectivity index (χ1v) is 11.6. The van der Waals surface area contributed by atoms with Gasteiger partial charge in [-0.05, 0) is 67.2 Å². The Morgan fingerprint density at radius 1 is 1.34 bits per heavy atom. The molecule has 2 amide bonds. The number of hydrogen-bond donors (Lipinski definition) is 2. The second kappa shape index (κ2) is 8.69. The van der Waals surface area contributed by atoms with Gasteiger partial charge in [-0.15, -0.1) is 0 Å². The number of amides is 2. The summed E-state index contributed by atoms with van der Waals surface area (Å²) in [7, 11) is 0. The number of carboxylic acid groups (broad SMARTS) is 1. The molecule has 0 spiro atoms. The van der Waals surface area contributed by atoms with Gasteiger partial charge in [-0.3, -0.25) is 9.69 Å². The molecule has 1 aromatic rings. The molecule has 3 rings (SSSR count). The van der Waals surface area contributed by atoms with Crippen molar-refractivity contribution in [2.24, 2.45) is 17.3 Å². The Kier molecular flexibility index (Phi) is 6.67. The number of halogens is 2. The fourth-order valence-corrected chi connectivity index (χ4v) is 4.86. The number of benzene rings is 1. The molecule has 5 nitrogen and oxygen atoms in total. The average Bonchev–Trinajstić information content (AvgIpc) is 2.61. The highest BCUT2D eigenvalue weighted by Gasteiger charge is 2.46. The molecule has 1 aliphatic heterocycles. The maximum absolute atomic E-state index is 15.4. The normalized spacial score (nSPS) is 26.0. The topological polar surface area (TPSA) is 69.6 Å². The minimum Gasteiger partial charge on any atom is -0.481 e. The first-order chi connectivity index (χ1) is 14.7. The predicted octanol–water partition coefficient (Wildman–Crippen LogP) is 6.10. The summed E-state index contributed by atoms with van der Waals surface area (Å²) in [6, 6.07) is 2.63. The van der Waals surface area contributed by atoms with Crippen molar-refractivity contribution in [2.45, 2.75) is 78.8 Å². The van der Waals surface area contributed by atoms with Crippen molar-refractivity contribution >= 4 is 23.6 Å². The van der Waals surface area contributed by atoms with Gasteiger partial charge < -0.3 is 10.4 Å². The summed E-state index contributed by atoms with van der Waals surface area (Å²) in [6.45, 7) is 12.2. The maximum Gasteiger partial charge on any atom is 0.322 e. The van der Waals surface area contributed by atoms with Gasteiger partial charge in [-0.1, -0.05) is 46.2 Å². The molecule has 2 aliphatic rings. The molecular weight excluding hydrogens is 431 g/mol. The van der Waals surface area contributed by atoms with Crippen LogP contribution in [0.1, 0.15) is 71.9 Å². The molecule has 176 valence electrons. The fourth-order valence-electron chi connectivity index (χ4n) is 4.60. The number of urea groups is 1. The highest BCUT2D eigenvalue weighted by Crippen LogP contribution is 2.42. The van der Waals surface area contributed by atoms with Crippen molar-refractivity contribution < 1.29 is 19.1 Å². The number of aliphatic carboxylic acids is 1. The van der Waals surface area contributed by atoms with E-state index in [-0.39, 0.29) is 23.4 Å². The van der Waals surface area contributed by atoms with E-state index in [0.29, 0.717) is 29.8 Å². The van der Waals surface area contributed by atoms with E-state index < -0.39 is 23.2 Å². The molecule has 1 aliphatic carbocycles. The van der Waals surface area contributed by atoms with Crippen molar-refractivity contribution in [3.8, 4) is 0 Å². The Morgan fingerprint density at radius 2 is 1.97 bits per heavy atom. The standard InChI is InChI=1S/C25H34ClFN2O3/c1-14(2)19-13-29(17-9-16(10-17)22(30)31)23(32)28-25(19,6)18-12-20(26)15(11-21(18)27)7-8-24(3,4)5/h11-14,16-17H,7-10H2,1-6H3,(H,28,32)(H,30,31)/t16?,17?,25-/m1/s1. The molecule has 1 atom stereocenters. The Balaban J connectivity index is 1.94. The summed E-state index contributed by atoms with van der Waals surface area (Å²) in [5.74, 6) is -1.62. The summed E-state index contributed by atoms with van der Waals surface area (Å²) >= 11 is 6.57. The van der Waals surface area contributed by atoms with Gasteiger partial charge in [0.15, 0.2) is 0 Å². The average molecular weight is 465 g/mol. The van der Waals surface area contributed by atoms with Crippen LogP contribution in [-0.4, -0.2) is 28.0 Å². The predicted molar refractivity (Wildman–Crippen MR) is 124 cm³/mol. The van der Waals surface area contributed by atoms with Crippen molar-refractivity contribution in [1.29, 1.82) is 0 Å². The van der Waals surface area contributed by atoms with Gasteiger partial charge in [-0.25, -0.2) is 9.18 Å². The van der Waals surface area contributed by atoms with Crippen LogP contribution in [0.2, 0.25) is 5.02 Å². The molecular formula is C25H34ClFN2O3. The Hall–Kier alpha value is -2.08. The lowest BCUT2D eigenvalue weighted by atomic mass is 9.75. The van der Waals surface area contributed by atoms with Crippen molar-refractivity contribution in [3.63, 3.8) is 0 Å². The summed E-state index contributed by atoms with van der Waals surface area (Å²) in [5, 5.41) is 12.7. The minimum absolute atomic E-state index is 0.0252. The summed E-state index contributed by atoms with van der Waals surface area (Å²) < 4.78 is 15.4. The second-order valence-electron chi connectivity index (χ2n) is 10.8. The van der Waals surface area contributed by atoms with E-state index in [9.17, 15) is 9.59 Å². The van der Waals surface area contributed by atoms with Crippen LogP contribution in [0.4, 0.5) is 9.18 Å². The number of hydrogen-bond acceptors (Lipinski definition) is 2. The fraction of sp³-hybridized carbons (Fsp3) is 0.600. The summed E-state index contributed by atoms with van der Waals surface area (Å²) in [5.41, 5.74) is 1.02. The van der Waals surface area contributed by atoms with E-state index >= 15 is 4.39 Å². The van der Waals surface area contributed by atoms with Gasteiger partial charge in [0.1, 0.15) is 5.82 Å². The molecule has 1 saturated carbocycles. The van der Waals surface area contributed by atoms with E-state index in [2.05, 4.69) is 26.1 Å². The molecule has 1 fully saturated rings. The van der Waals surface area contributed by atoms with Crippen LogP contribution in [0.25, 0.3) is 0 Å². The third kappa shape index (κ3) is 4.80. The van der Waals surface area contributed by atoms with Gasteiger partial charge in [0.25, 0.3) is 0 Å². The van der Waals surface area contributed by atoms with Gasteiger partial charge >= 0.3 is 12.0 Å². The van der Waals surface area contributed by atoms with Crippen LogP contribution in [0.5, 0.6) is 0 Å². The first-order valence-electron chi connectivity index (χ1n) is 11.3. The van der Waals surface area contributed by atoms with Gasteiger partial charge in [0.2, 0.25) is 0 Å². The first kappa shape index (κ1) is 24.6. The number of rotatable bonds is 6. The van der Waals surface area contributed by atoms with Crippen molar-refractivity contribution in [3.05, 3.63) is 45.9 Å². The van der Waals surface area contributed by atoms with Crippen LogP contribution in [-0.2, 0) is 16.8 Å². The SMILES string of the molecule is CC(C)C1=CN(C2CC(C(=O)O)C2)C(=O)N[C@]1(C)c1cc(Cl)c(CCC(C)(C)C)cc1F. The summed E-state index contributed by atoms with van der Waals surface area (Å²) in [6.07, 6.45) is 4.18. The Labute approximate surface area is 195 Å². The Morgan fingerprint density at radius 3 is 2.50 bits per heavy atom. The quantitative estimate of drug-likeness (QED) is 0.534. The lowest BCUT2D eigenvalue weighted by Crippen LogP contribution is -2.59. The maximum atomic E-state index is 15.4. The van der Waals surface area contributed by atoms with E-state index in [4.69, 9.17) is 16.7 Å². The zero-order valence-corrected chi connectivity index (χ0v) is 20.5. The van der Waals surface area contributed by atoms with Gasteiger partial charge in [-0.2, -0.15) is 0 Å². The molecule has 1 heterocycles. The Bertz CT molecular complexity index is 947. The highest BCUT2D eigenvalue weighted by atomic mass is 35.5. The molecule has 0 unspecified atom stereocenters. The molecule has 1 aromatic carbocycles. The number of aryl methyl sites for hydroxylation is 1. The lowest BCUT2D eigenvalue weighted by Gasteiger charge is -2.47.